The molecule has 4 rings (SSSR count). The minimum absolute atomic E-state index is 0.0128. The third-order valence-corrected chi connectivity index (χ3v) is 4.04. The van der Waals surface area contributed by atoms with Crippen LogP contribution in [0, 0.1) is 18.6 Å². The van der Waals surface area contributed by atoms with Crippen LogP contribution in [-0.2, 0) is 0 Å². The average Bonchev–Trinajstić information content (AvgIpc) is 2.97. The molecule has 0 aliphatic rings. The predicted octanol–water partition coefficient (Wildman–Crippen LogP) is 3.72. The third-order valence-electron chi connectivity index (χ3n) is 4.04. The number of ether oxygens (including phenoxy) is 1. The maximum Gasteiger partial charge on any atom is 0.387 e. The minimum atomic E-state index is -2.93. The minimum Gasteiger partial charge on any atom is -0.435 e. The van der Waals surface area contributed by atoms with Gasteiger partial charge in [-0.15, -0.1) is 0 Å². The second-order valence-corrected chi connectivity index (χ2v) is 6.09. The van der Waals surface area contributed by atoms with Gasteiger partial charge in [-0.25, -0.2) is 13.8 Å². The van der Waals surface area contributed by atoms with Gasteiger partial charge in [0.2, 0.25) is 17.8 Å². The Morgan fingerprint density at radius 1 is 1.00 bits per heavy atom. The van der Waals surface area contributed by atoms with E-state index < -0.39 is 18.2 Å². The number of nitrogen functional groups attached to an aromatic ring is 1. The Kier molecular flexibility index (Phi) is 4.82. The highest BCUT2D eigenvalue weighted by Crippen LogP contribution is 2.24. The van der Waals surface area contributed by atoms with Gasteiger partial charge in [0.15, 0.2) is 11.6 Å². The van der Waals surface area contributed by atoms with Crippen molar-refractivity contribution in [3.8, 4) is 11.7 Å². The van der Waals surface area contributed by atoms with Crippen molar-refractivity contribution in [2.75, 3.05) is 11.1 Å². The second kappa shape index (κ2) is 7.46. The number of hydrogen-bond acceptors (Lipinski definition) is 7. The van der Waals surface area contributed by atoms with Crippen LogP contribution in [0.5, 0.6) is 5.75 Å². The summed E-state index contributed by atoms with van der Waals surface area (Å²) in [4.78, 5) is 16.5. The van der Waals surface area contributed by atoms with Gasteiger partial charge in [0.25, 0.3) is 0 Å². The summed E-state index contributed by atoms with van der Waals surface area (Å²) >= 11 is 0. The van der Waals surface area contributed by atoms with Crippen molar-refractivity contribution in [3.05, 3.63) is 53.9 Å². The largest absolute Gasteiger partial charge is 0.435 e. The first-order valence-corrected chi connectivity index (χ1v) is 8.48. The Morgan fingerprint density at radius 3 is 2.40 bits per heavy atom. The molecule has 12 heteroatoms. The van der Waals surface area contributed by atoms with E-state index in [1.54, 1.807) is 6.92 Å². The van der Waals surface area contributed by atoms with Crippen molar-refractivity contribution < 1.29 is 22.3 Å². The van der Waals surface area contributed by atoms with E-state index in [0.29, 0.717) is 11.5 Å². The van der Waals surface area contributed by atoms with E-state index in [4.69, 9.17) is 5.73 Å². The summed E-state index contributed by atoms with van der Waals surface area (Å²) in [7, 11) is 0. The van der Waals surface area contributed by atoms with Gasteiger partial charge < -0.3 is 15.8 Å². The van der Waals surface area contributed by atoms with E-state index in [-0.39, 0.29) is 34.6 Å². The smallest absolute Gasteiger partial charge is 0.387 e. The SMILES string of the molecule is Cc1nc2cc(F)c(F)cc2n1-c1nc(N)nc(Nc2ccc(OC(F)F)cc2)n1. The topological polar surface area (TPSA) is 104 Å². The summed E-state index contributed by atoms with van der Waals surface area (Å²) in [5.74, 6) is -1.76. The molecule has 4 aromatic rings. The zero-order valence-electron chi connectivity index (χ0n) is 15.3. The molecule has 2 aromatic heterocycles. The van der Waals surface area contributed by atoms with E-state index in [9.17, 15) is 17.6 Å². The van der Waals surface area contributed by atoms with Crippen LogP contribution in [0.25, 0.3) is 17.0 Å². The molecule has 154 valence electrons. The maximum absolute atomic E-state index is 13.7. The lowest BCUT2D eigenvalue weighted by Gasteiger charge is -2.10. The molecule has 0 aliphatic carbocycles. The number of fused-ring (bicyclic) bond motifs is 1. The van der Waals surface area contributed by atoms with Crippen LogP contribution in [0.4, 0.5) is 35.1 Å². The number of alkyl halides is 2. The molecule has 2 aromatic carbocycles. The fourth-order valence-corrected chi connectivity index (χ4v) is 2.83. The Hall–Kier alpha value is -3.96. The Morgan fingerprint density at radius 2 is 1.70 bits per heavy atom. The zero-order chi connectivity index (χ0) is 21.4. The van der Waals surface area contributed by atoms with Crippen LogP contribution in [0.2, 0.25) is 0 Å². The standard InChI is InChI=1S/C18H13F4N7O/c1-8-24-13-6-11(19)12(20)7-14(13)29(8)18-27-16(23)26-17(28-18)25-9-2-4-10(5-3-9)30-15(21)22/h2-7,15H,1H3,(H3,23,25,26,27,28). The number of nitrogens with zero attached hydrogens (tertiary/aromatic N) is 5. The molecule has 2 heterocycles. The molecule has 0 saturated heterocycles. The summed E-state index contributed by atoms with van der Waals surface area (Å²) in [6.07, 6.45) is 0. The van der Waals surface area contributed by atoms with Crippen molar-refractivity contribution >= 4 is 28.6 Å². The lowest BCUT2D eigenvalue weighted by molar-refractivity contribution is -0.0498. The third kappa shape index (κ3) is 3.79. The van der Waals surface area contributed by atoms with Crippen molar-refractivity contribution in [3.63, 3.8) is 0 Å². The molecule has 30 heavy (non-hydrogen) atoms. The number of rotatable bonds is 5. The van der Waals surface area contributed by atoms with Gasteiger partial charge in [-0.05, 0) is 31.2 Å². The number of aromatic nitrogens is 5. The Balaban J connectivity index is 1.70. The normalized spacial score (nSPS) is 11.3. The number of benzene rings is 2. The highest BCUT2D eigenvalue weighted by Gasteiger charge is 2.17. The van der Waals surface area contributed by atoms with Crippen LogP contribution in [0.15, 0.2) is 36.4 Å². The van der Waals surface area contributed by atoms with E-state index in [0.717, 1.165) is 12.1 Å². The summed E-state index contributed by atoms with van der Waals surface area (Å²) in [5, 5.41) is 2.86. The van der Waals surface area contributed by atoms with Crippen LogP contribution in [-0.4, -0.2) is 31.1 Å². The van der Waals surface area contributed by atoms with Gasteiger partial charge >= 0.3 is 6.61 Å². The molecule has 0 atom stereocenters. The van der Waals surface area contributed by atoms with Gasteiger partial charge in [0.1, 0.15) is 11.6 Å². The molecule has 0 bridgehead atoms. The van der Waals surface area contributed by atoms with Crippen molar-refractivity contribution in [2.24, 2.45) is 0 Å². The molecule has 0 unspecified atom stereocenters. The molecule has 0 spiro atoms. The summed E-state index contributed by atoms with van der Waals surface area (Å²) in [6, 6.07) is 7.59. The van der Waals surface area contributed by atoms with Gasteiger partial charge in [-0.3, -0.25) is 4.57 Å². The number of nitrogens with two attached hydrogens (primary N) is 1. The van der Waals surface area contributed by atoms with Crippen LogP contribution in [0.1, 0.15) is 5.82 Å². The molecule has 0 aliphatic heterocycles. The first kappa shape index (κ1) is 19.4. The first-order valence-electron chi connectivity index (χ1n) is 8.48. The number of imidazole rings is 1. The van der Waals surface area contributed by atoms with E-state index in [2.05, 4.69) is 30.0 Å². The molecular weight excluding hydrogens is 406 g/mol. The molecule has 0 fully saturated rings. The molecule has 0 radical (unpaired) electrons. The number of nitrogens with one attached hydrogen (secondary N) is 1. The summed E-state index contributed by atoms with van der Waals surface area (Å²) in [6.45, 7) is -1.31. The molecule has 8 nitrogen and oxygen atoms in total. The van der Waals surface area contributed by atoms with E-state index >= 15 is 0 Å². The number of halogens is 4. The van der Waals surface area contributed by atoms with Gasteiger partial charge in [-0.2, -0.15) is 23.7 Å². The lowest BCUT2D eigenvalue weighted by Crippen LogP contribution is -2.10. The molecular formula is C18H13F4N7O. The zero-order valence-corrected chi connectivity index (χ0v) is 15.3. The highest BCUT2D eigenvalue weighted by atomic mass is 19.3. The number of aryl methyl sites for hydroxylation is 1. The van der Waals surface area contributed by atoms with Gasteiger partial charge in [0.05, 0.1) is 11.0 Å². The molecule has 3 N–H and O–H groups in total. The molecule has 0 amide bonds. The first-order chi connectivity index (χ1) is 14.3. The monoisotopic (exact) mass is 419 g/mol. The molecule has 0 saturated carbocycles. The second-order valence-electron chi connectivity index (χ2n) is 6.09. The summed E-state index contributed by atoms with van der Waals surface area (Å²) in [5.41, 5.74) is 6.70. The van der Waals surface area contributed by atoms with E-state index in [1.165, 1.54) is 28.8 Å². The maximum atomic E-state index is 13.7. The average molecular weight is 419 g/mol. The predicted molar refractivity (Wildman–Crippen MR) is 99.9 cm³/mol. The highest BCUT2D eigenvalue weighted by molar-refractivity contribution is 5.78. The Labute approximate surface area is 166 Å². The fourth-order valence-electron chi connectivity index (χ4n) is 2.83. The van der Waals surface area contributed by atoms with Crippen molar-refractivity contribution in [1.82, 2.24) is 24.5 Å². The van der Waals surface area contributed by atoms with Gasteiger partial charge in [0, 0.05) is 17.8 Å². The summed E-state index contributed by atoms with van der Waals surface area (Å²) < 4.78 is 57.5. The van der Waals surface area contributed by atoms with Crippen LogP contribution in [0.3, 0.4) is 0 Å². The Bertz CT molecular complexity index is 1230. The van der Waals surface area contributed by atoms with Crippen LogP contribution < -0.4 is 15.8 Å². The van der Waals surface area contributed by atoms with Crippen molar-refractivity contribution in [2.45, 2.75) is 13.5 Å². The van der Waals surface area contributed by atoms with Crippen molar-refractivity contribution in [1.29, 1.82) is 0 Å². The number of hydrogen-bond donors (Lipinski definition) is 2. The fraction of sp³-hybridized carbons (Fsp3) is 0.111. The lowest BCUT2D eigenvalue weighted by atomic mass is 10.3. The van der Waals surface area contributed by atoms with Gasteiger partial charge in [-0.1, -0.05) is 0 Å². The van der Waals surface area contributed by atoms with Crippen LogP contribution >= 0.6 is 0 Å². The number of anilines is 3. The van der Waals surface area contributed by atoms with E-state index in [1.807, 2.05) is 0 Å². The quantitative estimate of drug-likeness (QED) is 0.475.